The van der Waals surface area contributed by atoms with Gasteiger partial charge in [-0.25, -0.2) is 4.79 Å². The lowest BCUT2D eigenvalue weighted by Crippen LogP contribution is -2.29. The number of carboxylic acid groups (broad SMARTS) is 1. The summed E-state index contributed by atoms with van der Waals surface area (Å²) >= 11 is 3.34. The number of halogens is 1. The van der Waals surface area contributed by atoms with Gasteiger partial charge in [0.25, 0.3) is 0 Å². The summed E-state index contributed by atoms with van der Waals surface area (Å²) in [4.78, 5) is 11.0. The summed E-state index contributed by atoms with van der Waals surface area (Å²) in [6.45, 7) is 2.05. The molecule has 0 amide bonds. The molecule has 4 heteroatoms. The van der Waals surface area contributed by atoms with Crippen molar-refractivity contribution < 1.29 is 9.90 Å². The average Bonchev–Trinajstić information content (AvgIpc) is 2.26. The first-order valence-electron chi connectivity index (χ1n) is 5.38. The number of anilines is 1. The molecule has 0 heterocycles. The van der Waals surface area contributed by atoms with Gasteiger partial charge in [0, 0.05) is 10.2 Å². The van der Waals surface area contributed by atoms with Crippen molar-refractivity contribution in [2.75, 3.05) is 5.32 Å². The molecule has 0 radical (unpaired) electrons. The maximum Gasteiger partial charge on any atom is 0.326 e. The third kappa shape index (κ3) is 4.23. The van der Waals surface area contributed by atoms with Crippen molar-refractivity contribution in [2.24, 2.45) is 0 Å². The molecule has 1 aromatic rings. The Morgan fingerprint density at radius 1 is 1.44 bits per heavy atom. The van der Waals surface area contributed by atoms with E-state index in [1.54, 1.807) is 0 Å². The van der Waals surface area contributed by atoms with Gasteiger partial charge in [0.05, 0.1) is 0 Å². The van der Waals surface area contributed by atoms with Gasteiger partial charge in [-0.3, -0.25) is 0 Å². The van der Waals surface area contributed by atoms with E-state index in [0.717, 1.165) is 23.0 Å². The van der Waals surface area contributed by atoms with Gasteiger partial charge in [0.1, 0.15) is 6.04 Å². The number of unbranched alkanes of at least 4 members (excludes halogenated alkanes) is 1. The SMILES string of the molecule is CCCCC(Nc1ccc(Br)cc1)C(=O)O. The molecule has 1 rings (SSSR count). The average molecular weight is 286 g/mol. The molecule has 88 valence electrons. The van der Waals surface area contributed by atoms with E-state index >= 15 is 0 Å². The second kappa shape index (κ2) is 6.53. The summed E-state index contributed by atoms with van der Waals surface area (Å²) in [5, 5.41) is 12.1. The Bertz CT molecular complexity index is 337. The number of benzene rings is 1. The molecule has 3 nitrogen and oxygen atoms in total. The Hall–Kier alpha value is -1.03. The zero-order valence-corrected chi connectivity index (χ0v) is 10.8. The number of rotatable bonds is 6. The van der Waals surface area contributed by atoms with Gasteiger partial charge in [-0.1, -0.05) is 35.7 Å². The normalized spacial score (nSPS) is 12.1. The number of aliphatic carboxylic acids is 1. The number of carbonyl (C=O) groups is 1. The van der Waals surface area contributed by atoms with E-state index in [0.29, 0.717) is 6.42 Å². The quantitative estimate of drug-likeness (QED) is 0.841. The Balaban J connectivity index is 2.60. The molecule has 1 unspecified atom stereocenters. The predicted molar refractivity (Wildman–Crippen MR) is 68.7 cm³/mol. The van der Waals surface area contributed by atoms with Crippen LogP contribution in [0, 0.1) is 0 Å². The summed E-state index contributed by atoms with van der Waals surface area (Å²) in [5.74, 6) is -0.795. The third-order valence-electron chi connectivity index (χ3n) is 2.33. The van der Waals surface area contributed by atoms with E-state index < -0.39 is 12.0 Å². The van der Waals surface area contributed by atoms with E-state index in [1.165, 1.54) is 0 Å². The number of hydrogen-bond acceptors (Lipinski definition) is 2. The highest BCUT2D eigenvalue weighted by Gasteiger charge is 2.15. The molecule has 0 aliphatic carbocycles. The molecule has 0 fully saturated rings. The first kappa shape index (κ1) is 13.0. The van der Waals surface area contributed by atoms with Crippen LogP contribution in [0.15, 0.2) is 28.7 Å². The van der Waals surface area contributed by atoms with E-state index in [2.05, 4.69) is 28.2 Å². The minimum Gasteiger partial charge on any atom is -0.480 e. The van der Waals surface area contributed by atoms with Crippen LogP contribution in [0.1, 0.15) is 26.2 Å². The van der Waals surface area contributed by atoms with Gasteiger partial charge >= 0.3 is 5.97 Å². The van der Waals surface area contributed by atoms with E-state index in [1.807, 2.05) is 24.3 Å². The third-order valence-corrected chi connectivity index (χ3v) is 2.86. The van der Waals surface area contributed by atoms with Crippen molar-refractivity contribution in [2.45, 2.75) is 32.2 Å². The lowest BCUT2D eigenvalue weighted by atomic mass is 10.1. The number of carboxylic acids is 1. The molecular formula is C12H16BrNO2. The predicted octanol–water partition coefficient (Wildman–Crippen LogP) is 3.50. The fourth-order valence-electron chi connectivity index (χ4n) is 1.41. The molecule has 0 bridgehead atoms. The van der Waals surface area contributed by atoms with Crippen LogP contribution >= 0.6 is 15.9 Å². The molecule has 0 aromatic heterocycles. The fourth-order valence-corrected chi connectivity index (χ4v) is 1.68. The van der Waals surface area contributed by atoms with Gasteiger partial charge in [-0.2, -0.15) is 0 Å². The largest absolute Gasteiger partial charge is 0.480 e. The van der Waals surface area contributed by atoms with Crippen LogP contribution in [0.2, 0.25) is 0 Å². The molecule has 0 aliphatic rings. The molecule has 0 aliphatic heterocycles. The Kier molecular flexibility index (Phi) is 5.32. The van der Waals surface area contributed by atoms with Crippen LogP contribution in [0.3, 0.4) is 0 Å². The minimum atomic E-state index is -0.795. The second-order valence-electron chi connectivity index (χ2n) is 3.68. The summed E-state index contributed by atoms with van der Waals surface area (Å²) in [6.07, 6.45) is 2.58. The summed E-state index contributed by atoms with van der Waals surface area (Å²) in [5.41, 5.74) is 0.840. The molecule has 0 saturated carbocycles. The topological polar surface area (TPSA) is 49.3 Å². The molecule has 0 saturated heterocycles. The zero-order chi connectivity index (χ0) is 12.0. The smallest absolute Gasteiger partial charge is 0.326 e. The summed E-state index contributed by atoms with van der Waals surface area (Å²) in [7, 11) is 0. The lowest BCUT2D eigenvalue weighted by molar-refractivity contribution is -0.138. The molecule has 2 N–H and O–H groups in total. The van der Waals surface area contributed by atoms with Gasteiger partial charge < -0.3 is 10.4 Å². The highest BCUT2D eigenvalue weighted by molar-refractivity contribution is 9.10. The van der Waals surface area contributed by atoms with Gasteiger partial charge in [0.2, 0.25) is 0 Å². The summed E-state index contributed by atoms with van der Waals surface area (Å²) < 4.78 is 0.985. The minimum absolute atomic E-state index is 0.499. The molecule has 0 spiro atoms. The van der Waals surface area contributed by atoms with Gasteiger partial charge in [-0.05, 0) is 30.7 Å². The first-order valence-corrected chi connectivity index (χ1v) is 6.17. The van der Waals surface area contributed by atoms with E-state index in [9.17, 15) is 4.79 Å². The van der Waals surface area contributed by atoms with Crippen LogP contribution in [0.4, 0.5) is 5.69 Å². The number of hydrogen-bond donors (Lipinski definition) is 2. The van der Waals surface area contributed by atoms with Crippen molar-refractivity contribution in [1.82, 2.24) is 0 Å². The lowest BCUT2D eigenvalue weighted by Gasteiger charge is -2.15. The van der Waals surface area contributed by atoms with Crippen LogP contribution in [0.25, 0.3) is 0 Å². The van der Waals surface area contributed by atoms with Gasteiger partial charge in [0.15, 0.2) is 0 Å². The first-order chi connectivity index (χ1) is 7.63. The molecule has 1 atom stereocenters. The van der Waals surface area contributed by atoms with E-state index in [-0.39, 0.29) is 0 Å². The van der Waals surface area contributed by atoms with Gasteiger partial charge in [-0.15, -0.1) is 0 Å². The Labute approximate surface area is 104 Å². The second-order valence-corrected chi connectivity index (χ2v) is 4.60. The Morgan fingerprint density at radius 2 is 2.06 bits per heavy atom. The highest BCUT2D eigenvalue weighted by Crippen LogP contribution is 2.16. The van der Waals surface area contributed by atoms with Crippen LogP contribution < -0.4 is 5.32 Å². The fraction of sp³-hybridized carbons (Fsp3) is 0.417. The summed E-state index contributed by atoms with van der Waals surface area (Å²) in [6, 6.07) is 7.01. The zero-order valence-electron chi connectivity index (χ0n) is 9.24. The number of nitrogens with one attached hydrogen (secondary N) is 1. The van der Waals surface area contributed by atoms with Crippen LogP contribution in [-0.2, 0) is 4.79 Å². The van der Waals surface area contributed by atoms with Crippen molar-refractivity contribution >= 4 is 27.6 Å². The van der Waals surface area contributed by atoms with Crippen molar-refractivity contribution in [1.29, 1.82) is 0 Å². The maximum atomic E-state index is 11.0. The standard InChI is InChI=1S/C12H16BrNO2/c1-2-3-4-11(12(15)16)14-10-7-5-9(13)6-8-10/h5-8,11,14H,2-4H2,1H3,(H,15,16). The maximum absolute atomic E-state index is 11.0. The monoisotopic (exact) mass is 285 g/mol. The Morgan fingerprint density at radius 3 is 2.56 bits per heavy atom. The highest BCUT2D eigenvalue weighted by atomic mass is 79.9. The molecule has 16 heavy (non-hydrogen) atoms. The van der Waals surface area contributed by atoms with E-state index in [4.69, 9.17) is 5.11 Å². The van der Waals surface area contributed by atoms with Crippen molar-refractivity contribution in [3.05, 3.63) is 28.7 Å². The molecule has 1 aromatic carbocycles. The van der Waals surface area contributed by atoms with Crippen molar-refractivity contribution in [3.8, 4) is 0 Å². The van der Waals surface area contributed by atoms with Crippen LogP contribution in [0.5, 0.6) is 0 Å². The van der Waals surface area contributed by atoms with Crippen molar-refractivity contribution in [3.63, 3.8) is 0 Å². The van der Waals surface area contributed by atoms with Crippen LogP contribution in [-0.4, -0.2) is 17.1 Å². The molecular weight excluding hydrogens is 270 g/mol.